The summed E-state index contributed by atoms with van der Waals surface area (Å²) in [4.78, 5) is 27.9. The fourth-order valence-electron chi connectivity index (χ4n) is 3.25. The van der Waals surface area contributed by atoms with Crippen LogP contribution in [0.4, 0.5) is 0 Å². The Morgan fingerprint density at radius 1 is 1.10 bits per heavy atom. The minimum Gasteiger partial charge on any atom is -0.468 e. The number of methoxy groups -OCH3 is 1. The summed E-state index contributed by atoms with van der Waals surface area (Å²) in [6, 6.07) is 0.00750. The Hall–Kier alpha value is -1.14. The van der Waals surface area contributed by atoms with Gasteiger partial charge in [0.25, 0.3) is 0 Å². The third-order valence-corrected chi connectivity index (χ3v) is 4.65. The summed E-state index contributed by atoms with van der Waals surface area (Å²) in [7, 11) is 1.40. The highest BCUT2D eigenvalue weighted by atomic mass is 16.5. The van der Waals surface area contributed by atoms with Crippen LogP contribution in [0, 0.1) is 5.92 Å². The van der Waals surface area contributed by atoms with Crippen LogP contribution < -0.4 is 5.73 Å². The number of esters is 1. The Labute approximate surface area is 126 Å². The topological polar surface area (TPSA) is 75.9 Å². The molecule has 6 nitrogen and oxygen atoms in total. The van der Waals surface area contributed by atoms with Crippen LogP contribution in [-0.2, 0) is 14.3 Å². The van der Waals surface area contributed by atoms with Gasteiger partial charge in [0, 0.05) is 32.2 Å². The predicted molar refractivity (Wildman–Crippen MR) is 79.6 cm³/mol. The largest absolute Gasteiger partial charge is 0.468 e. The van der Waals surface area contributed by atoms with E-state index in [9.17, 15) is 9.59 Å². The van der Waals surface area contributed by atoms with Crippen LogP contribution in [0.3, 0.4) is 0 Å². The molecule has 1 amide bonds. The quantitative estimate of drug-likeness (QED) is 0.595. The molecule has 1 heterocycles. The van der Waals surface area contributed by atoms with Gasteiger partial charge in [-0.1, -0.05) is 19.3 Å². The lowest BCUT2D eigenvalue weighted by atomic mass is 9.93. The van der Waals surface area contributed by atoms with Crippen molar-refractivity contribution in [1.82, 2.24) is 9.80 Å². The van der Waals surface area contributed by atoms with Crippen LogP contribution in [0.15, 0.2) is 0 Å². The monoisotopic (exact) mass is 297 g/mol. The van der Waals surface area contributed by atoms with Crippen LogP contribution in [0.5, 0.6) is 0 Å². The van der Waals surface area contributed by atoms with Gasteiger partial charge < -0.3 is 15.4 Å². The fraction of sp³-hybridized carbons (Fsp3) is 0.867. The highest BCUT2D eigenvalue weighted by Gasteiger charge is 2.32. The molecule has 0 aromatic rings. The average molecular weight is 297 g/mol. The molecule has 0 radical (unpaired) electrons. The molecule has 0 spiro atoms. The molecule has 120 valence electrons. The van der Waals surface area contributed by atoms with Gasteiger partial charge in [-0.25, -0.2) is 0 Å². The maximum atomic E-state index is 12.6. The maximum Gasteiger partial charge on any atom is 0.319 e. The number of ether oxygens (including phenoxy) is 1. The Bertz CT molecular complexity index is 367. The summed E-state index contributed by atoms with van der Waals surface area (Å²) in [5.74, 6) is -0.0256. The predicted octanol–water partition coefficient (Wildman–Crippen LogP) is 0.211. The van der Waals surface area contributed by atoms with Crippen molar-refractivity contribution in [2.45, 2.75) is 38.1 Å². The molecular formula is C15H27N3O3. The van der Waals surface area contributed by atoms with E-state index < -0.39 is 0 Å². The summed E-state index contributed by atoms with van der Waals surface area (Å²) >= 11 is 0. The first-order valence-electron chi connectivity index (χ1n) is 7.95. The third-order valence-electron chi connectivity index (χ3n) is 4.65. The summed E-state index contributed by atoms with van der Waals surface area (Å²) in [5, 5.41) is 0. The lowest BCUT2D eigenvalue weighted by Gasteiger charge is -2.36. The SMILES string of the molecule is COC(=O)CN1CCN(C(=O)C2CCCCCC2N)CC1. The number of hydrogen-bond donors (Lipinski definition) is 1. The second-order valence-electron chi connectivity index (χ2n) is 6.09. The van der Waals surface area contributed by atoms with Crippen LogP contribution in [0.25, 0.3) is 0 Å². The highest BCUT2D eigenvalue weighted by Crippen LogP contribution is 2.24. The van der Waals surface area contributed by atoms with E-state index in [4.69, 9.17) is 5.73 Å². The second kappa shape index (κ2) is 7.75. The van der Waals surface area contributed by atoms with Gasteiger partial charge in [-0.2, -0.15) is 0 Å². The number of rotatable bonds is 3. The lowest BCUT2D eigenvalue weighted by molar-refractivity contribution is -0.143. The zero-order chi connectivity index (χ0) is 15.2. The molecule has 0 aromatic heterocycles. The fourth-order valence-corrected chi connectivity index (χ4v) is 3.25. The van der Waals surface area contributed by atoms with E-state index in [0.717, 1.165) is 38.8 Å². The molecule has 2 fully saturated rings. The van der Waals surface area contributed by atoms with Crippen molar-refractivity contribution in [3.05, 3.63) is 0 Å². The van der Waals surface area contributed by atoms with Gasteiger partial charge in [-0.05, 0) is 12.8 Å². The van der Waals surface area contributed by atoms with Crippen LogP contribution >= 0.6 is 0 Å². The van der Waals surface area contributed by atoms with Crippen LogP contribution in [0.2, 0.25) is 0 Å². The summed E-state index contributed by atoms with van der Waals surface area (Å²) in [6.45, 7) is 3.12. The average Bonchev–Trinajstić information content (AvgIpc) is 2.71. The summed E-state index contributed by atoms with van der Waals surface area (Å²) < 4.78 is 4.67. The Kier molecular flexibility index (Phi) is 5.99. The number of hydrogen-bond acceptors (Lipinski definition) is 5. The number of nitrogens with zero attached hydrogens (tertiary/aromatic N) is 2. The van der Waals surface area contributed by atoms with E-state index in [1.54, 1.807) is 0 Å². The molecular weight excluding hydrogens is 270 g/mol. The Morgan fingerprint density at radius 3 is 2.43 bits per heavy atom. The van der Waals surface area contributed by atoms with Crippen LogP contribution in [0.1, 0.15) is 32.1 Å². The molecule has 2 N–H and O–H groups in total. The minimum absolute atomic E-state index is 0.00750. The Morgan fingerprint density at radius 2 is 1.76 bits per heavy atom. The molecule has 1 saturated carbocycles. The molecule has 0 aromatic carbocycles. The molecule has 2 aliphatic rings. The van der Waals surface area contributed by atoms with Gasteiger partial charge in [0.15, 0.2) is 0 Å². The van der Waals surface area contributed by atoms with Crippen molar-refractivity contribution in [1.29, 1.82) is 0 Å². The summed E-state index contributed by atoms with van der Waals surface area (Å²) in [6.07, 6.45) is 5.30. The number of piperazine rings is 1. The molecule has 0 bridgehead atoms. The number of carbonyl (C=O) groups excluding carboxylic acids is 2. The number of carbonyl (C=O) groups is 2. The van der Waals surface area contributed by atoms with E-state index in [-0.39, 0.29) is 23.8 Å². The smallest absolute Gasteiger partial charge is 0.319 e. The zero-order valence-electron chi connectivity index (χ0n) is 12.9. The van der Waals surface area contributed by atoms with Crippen molar-refractivity contribution in [3.8, 4) is 0 Å². The van der Waals surface area contributed by atoms with Gasteiger partial charge in [0.05, 0.1) is 19.6 Å². The molecule has 2 unspecified atom stereocenters. The first-order valence-corrected chi connectivity index (χ1v) is 7.95. The number of nitrogens with two attached hydrogens (primary N) is 1. The minimum atomic E-state index is -0.222. The van der Waals surface area contributed by atoms with Gasteiger partial charge >= 0.3 is 5.97 Å². The molecule has 1 aliphatic carbocycles. The van der Waals surface area contributed by atoms with E-state index in [1.807, 2.05) is 9.80 Å². The first kappa shape index (κ1) is 16.2. The van der Waals surface area contributed by atoms with Gasteiger partial charge in [-0.15, -0.1) is 0 Å². The molecule has 2 rings (SSSR count). The maximum absolute atomic E-state index is 12.6. The standard InChI is InChI=1S/C15H27N3O3/c1-21-14(19)11-17-7-9-18(10-8-17)15(20)12-5-3-2-4-6-13(12)16/h12-13H,2-11,16H2,1H3. The zero-order valence-corrected chi connectivity index (χ0v) is 12.9. The molecule has 2 atom stereocenters. The van der Waals surface area contributed by atoms with Gasteiger partial charge in [-0.3, -0.25) is 14.5 Å². The molecule has 21 heavy (non-hydrogen) atoms. The third kappa shape index (κ3) is 4.41. The first-order chi connectivity index (χ1) is 10.1. The van der Waals surface area contributed by atoms with Crippen molar-refractivity contribution in [2.24, 2.45) is 11.7 Å². The van der Waals surface area contributed by atoms with Gasteiger partial charge in [0.2, 0.25) is 5.91 Å². The van der Waals surface area contributed by atoms with E-state index in [2.05, 4.69) is 4.74 Å². The molecule has 6 heteroatoms. The molecule has 1 saturated heterocycles. The van der Waals surface area contributed by atoms with Crippen molar-refractivity contribution < 1.29 is 14.3 Å². The summed E-state index contributed by atoms with van der Waals surface area (Å²) in [5.41, 5.74) is 6.18. The van der Waals surface area contributed by atoms with Crippen molar-refractivity contribution >= 4 is 11.9 Å². The normalized spacial score (nSPS) is 28.0. The lowest BCUT2D eigenvalue weighted by Crippen LogP contribution is -2.53. The number of amides is 1. The Balaban J connectivity index is 1.83. The van der Waals surface area contributed by atoms with Crippen LogP contribution in [-0.4, -0.2) is 67.6 Å². The highest BCUT2D eigenvalue weighted by molar-refractivity contribution is 5.79. The van der Waals surface area contributed by atoms with Crippen molar-refractivity contribution in [3.63, 3.8) is 0 Å². The van der Waals surface area contributed by atoms with Gasteiger partial charge in [0.1, 0.15) is 0 Å². The van der Waals surface area contributed by atoms with Crippen molar-refractivity contribution in [2.75, 3.05) is 39.8 Å². The second-order valence-corrected chi connectivity index (χ2v) is 6.09. The van der Waals surface area contributed by atoms with E-state index in [0.29, 0.717) is 19.6 Å². The van der Waals surface area contributed by atoms with E-state index in [1.165, 1.54) is 13.5 Å². The van der Waals surface area contributed by atoms with E-state index >= 15 is 0 Å². The molecule has 1 aliphatic heterocycles.